The Morgan fingerprint density at radius 2 is 2.21 bits per heavy atom. The van der Waals surface area contributed by atoms with Gasteiger partial charge in [-0.15, -0.1) is 0 Å². The van der Waals surface area contributed by atoms with Crippen LogP contribution in [0.1, 0.15) is 5.37 Å². The Morgan fingerprint density at radius 1 is 1.58 bits per heavy atom. The third-order valence-electron chi connectivity index (χ3n) is 2.88. The molecule has 0 bridgehead atoms. The Hall–Kier alpha value is -1.39. The Bertz CT molecular complexity index is 579. The van der Waals surface area contributed by atoms with Crippen molar-refractivity contribution in [1.29, 1.82) is 0 Å². The van der Waals surface area contributed by atoms with Gasteiger partial charge in [0.15, 0.2) is 5.37 Å². The standard InChI is InChI=1S/C9H11F2N3O4S/c10-9(11)6(16)4(3-15)19(18)7(9)14-2-1-5(12)13-8(14)17/h1-2,4,6-7,15-16H,3H2,(H2,12,13,17)/t4-,6-,7-,19?/m1/s1. The van der Waals surface area contributed by atoms with E-state index in [1.165, 1.54) is 0 Å². The van der Waals surface area contributed by atoms with Crippen LogP contribution in [0.2, 0.25) is 0 Å². The molecule has 1 saturated heterocycles. The molecule has 0 radical (unpaired) electrons. The number of aromatic nitrogens is 2. The lowest BCUT2D eigenvalue weighted by atomic mass is 10.1. The van der Waals surface area contributed by atoms with E-state index in [1.807, 2.05) is 0 Å². The van der Waals surface area contributed by atoms with Crippen LogP contribution in [0.4, 0.5) is 14.6 Å². The predicted octanol–water partition coefficient (Wildman–Crippen LogP) is -1.56. The van der Waals surface area contributed by atoms with Crippen LogP contribution in [-0.4, -0.2) is 47.9 Å². The fourth-order valence-corrected chi connectivity index (χ4v) is 3.66. The van der Waals surface area contributed by atoms with E-state index < -0.39 is 45.7 Å². The van der Waals surface area contributed by atoms with E-state index in [1.54, 1.807) is 0 Å². The number of hydrogen-bond acceptors (Lipinski definition) is 6. The molecular weight excluding hydrogens is 284 g/mol. The summed E-state index contributed by atoms with van der Waals surface area (Å²) in [5.74, 6) is -3.98. The molecule has 106 valence electrons. The van der Waals surface area contributed by atoms with Crippen molar-refractivity contribution in [2.75, 3.05) is 12.3 Å². The monoisotopic (exact) mass is 295 g/mol. The van der Waals surface area contributed by atoms with Crippen molar-refractivity contribution in [2.24, 2.45) is 0 Å². The van der Waals surface area contributed by atoms with Gasteiger partial charge < -0.3 is 15.9 Å². The molecule has 1 aliphatic heterocycles. The quantitative estimate of drug-likeness (QED) is 0.607. The SMILES string of the molecule is Nc1ccn([C@@H]2S(=O)[C@H](CO)[C@@H](O)C2(F)F)c(=O)n1. The number of aliphatic hydroxyl groups is 2. The van der Waals surface area contributed by atoms with Crippen LogP contribution in [-0.2, 0) is 10.8 Å². The van der Waals surface area contributed by atoms with Crippen LogP contribution in [0.25, 0.3) is 0 Å². The van der Waals surface area contributed by atoms with Gasteiger partial charge in [-0.25, -0.2) is 13.6 Å². The molecule has 7 nitrogen and oxygen atoms in total. The van der Waals surface area contributed by atoms with Gasteiger partial charge in [0.05, 0.1) is 22.7 Å². The van der Waals surface area contributed by atoms with Gasteiger partial charge in [0.25, 0.3) is 0 Å². The summed E-state index contributed by atoms with van der Waals surface area (Å²) in [6.07, 6.45) is -1.36. The van der Waals surface area contributed by atoms with Crippen molar-refractivity contribution in [3.8, 4) is 0 Å². The largest absolute Gasteiger partial charge is 0.395 e. The first-order valence-corrected chi connectivity index (χ1v) is 6.49. The summed E-state index contributed by atoms with van der Waals surface area (Å²) in [6, 6.07) is 1.10. The summed E-state index contributed by atoms with van der Waals surface area (Å²) in [5, 5.41) is 14.7. The molecular formula is C9H11F2N3O4S. The maximum Gasteiger partial charge on any atom is 0.350 e. The van der Waals surface area contributed by atoms with Crippen LogP contribution in [0.15, 0.2) is 17.1 Å². The second kappa shape index (κ2) is 4.62. The number of nitrogens with zero attached hydrogens (tertiary/aromatic N) is 2. The molecule has 0 spiro atoms. The van der Waals surface area contributed by atoms with Crippen LogP contribution in [0.3, 0.4) is 0 Å². The summed E-state index contributed by atoms with van der Waals surface area (Å²) in [7, 11) is -2.33. The van der Waals surface area contributed by atoms with Crippen LogP contribution >= 0.6 is 0 Å². The second-order valence-corrected chi connectivity index (χ2v) is 5.77. The van der Waals surface area contributed by atoms with Gasteiger partial charge in [0.2, 0.25) is 0 Å². The summed E-state index contributed by atoms with van der Waals surface area (Å²) in [4.78, 5) is 14.8. The fourth-order valence-electron chi connectivity index (χ4n) is 1.92. The Morgan fingerprint density at radius 3 is 2.68 bits per heavy atom. The van der Waals surface area contributed by atoms with Gasteiger partial charge in [0.1, 0.15) is 11.9 Å². The molecule has 0 amide bonds. The van der Waals surface area contributed by atoms with E-state index in [9.17, 15) is 22.9 Å². The molecule has 1 aromatic heterocycles. The summed E-state index contributed by atoms with van der Waals surface area (Å²) < 4.78 is 40.1. The lowest BCUT2D eigenvalue weighted by molar-refractivity contribution is -0.114. The molecule has 0 aliphatic carbocycles. The number of rotatable bonds is 2. The third kappa shape index (κ3) is 2.05. The zero-order chi connectivity index (χ0) is 14.4. The molecule has 4 N–H and O–H groups in total. The summed E-state index contributed by atoms with van der Waals surface area (Å²) in [6.45, 7) is -0.878. The van der Waals surface area contributed by atoms with Crippen LogP contribution in [0.5, 0.6) is 0 Å². The zero-order valence-corrected chi connectivity index (χ0v) is 10.3. The summed E-state index contributed by atoms with van der Waals surface area (Å²) >= 11 is 0. The van der Waals surface area contributed by atoms with Crippen molar-refractivity contribution in [3.05, 3.63) is 22.7 Å². The molecule has 1 unspecified atom stereocenters. The van der Waals surface area contributed by atoms with E-state index in [0.29, 0.717) is 4.57 Å². The van der Waals surface area contributed by atoms with E-state index in [0.717, 1.165) is 12.3 Å². The molecule has 10 heteroatoms. The first-order chi connectivity index (χ1) is 8.80. The Labute approximate surface area is 108 Å². The highest BCUT2D eigenvalue weighted by molar-refractivity contribution is 7.86. The van der Waals surface area contributed by atoms with Crippen LogP contribution in [0, 0.1) is 0 Å². The molecule has 1 fully saturated rings. The minimum Gasteiger partial charge on any atom is -0.395 e. The average Bonchev–Trinajstić information content (AvgIpc) is 2.48. The topological polar surface area (TPSA) is 118 Å². The Balaban J connectivity index is 2.55. The highest BCUT2D eigenvalue weighted by atomic mass is 32.2. The lowest BCUT2D eigenvalue weighted by Crippen LogP contribution is -2.41. The molecule has 1 aromatic rings. The number of nitrogens with two attached hydrogens (primary N) is 1. The van der Waals surface area contributed by atoms with Crippen molar-refractivity contribution >= 4 is 16.6 Å². The molecule has 2 rings (SSSR count). The molecule has 0 aromatic carbocycles. The van der Waals surface area contributed by atoms with Gasteiger partial charge in [-0.1, -0.05) is 0 Å². The van der Waals surface area contributed by atoms with Crippen LogP contribution < -0.4 is 11.4 Å². The van der Waals surface area contributed by atoms with Crippen molar-refractivity contribution in [3.63, 3.8) is 0 Å². The van der Waals surface area contributed by atoms with Crippen molar-refractivity contribution < 1.29 is 23.2 Å². The van der Waals surface area contributed by atoms with Gasteiger partial charge in [0, 0.05) is 6.20 Å². The predicted molar refractivity (Wildman–Crippen MR) is 61.9 cm³/mol. The smallest absolute Gasteiger partial charge is 0.350 e. The molecule has 4 atom stereocenters. The van der Waals surface area contributed by atoms with Gasteiger partial charge in [-0.3, -0.25) is 8.78 Å². The summed E-state index contributed by atoms with van der Waals surface area (Å²) in [5.41, 5.74) is 4.14. The van der Waals surface area contributed by atoms with E-state index in [-0.39, 0.29) is 5.82 Å². The number of aliphatic hydroxyl groups excluding tert-OH is 2. The molecule has 1 aliphatic rings. The Kier molecular flexibility index (Phi) is 3.41. The van der Waals surface area contributed by atoms with Crippen molar-refractivity contribution in [2.45, 2.75) is 22.7 Å². The average molecular weight is 295 g/mol. The molecule has 2 heterocycles. The highest BCUT2D eigenvalue weighted by Crippen LogP contribution is 2.44. The van der Waals surface area contributed by atoms with E-state index >= 15 is 0 Å². The third-order valence-corrected chi connectivity index (χ3v) is 4.86. The maximum absolute atomic E-state index is 13.9. The van der Waals surface area contributed by atoms with E-state index in [4.69, 9.17) is 10.8 Å². The number of nitrogen functional groups attached to an aromatic ring is 1. The first kappa shape index (κ1) is 14.0. The number of alkyl halides is 2. The zero-order valence-electron chi connectivity index (χ0n) is 9.44. The van der Waals surface area contributed by atoms with E-state index in [2.05, 4.69) is 4.98 Å². The highest BCUT2D eigenvalue weighted by Gasteiger charge is 2.62. The van der Waals surface area contributed by atoms with Crippen molar-refractivity contribution in [1.82, 2.24) is 9.55 Å². The molecule has 0 saturated carbocycles. The van der Waals surface area contributed by atoms with Gasteiger partial charge in [-0.05, 0) is 6.07 Å². The first-order valence-electron chi connectivity index (χ1n) is 5.21. The second-order valence-electron chi connectivity index (χ2n) is 4.06. The van der Waals surface area contributed by atoms with Gasteiger partial charge in [-0.2, -0.15) is 4.98 Å². The fraction of sp³-hybridized carbons (Fsp3) is 0.556. The normalized spacial score (nSPS) is 33.5. The maximum atomic E-state index is 13.9. The minimum absolute atomic E-state index is 0.160. The number of halogens is 2. The number of hydrogen-bond donors (Lipinski definition) is 3. The number of anilines is 1. The lowest BCUT2D eigenvalue weighted by Gasteiger charge is -2.21. The molecule has 19 heavy (non-hydrogen) atoms. The minimum atomic E-state index is -3.82. The van der Waals surface area contributed by atoms with Gasteiger partial charge >= 0.3 is 11.6 Å².